The third-order valence-corrected chi connectivity index (χ3v) is 4.76. The van der Waals surface area contributed by atoms with Gasteiger partial charge in [-0.2, -0.15) is 0 Å². The lowest BCUT2D eigenvalue weighted by molar-refractivity contribution is 0.0784. The zero-order valence-corrected chi connectivity index (χ0v) is 12.0. The lowest BCUT2D eigenvalue weighted by atomic mass is 9.75. The number of aryl methyl sites for hydroxylation is 1. The number of nitrogens with one attached hydrogen (secondary N) is 1. The molecule has 110 valence electrons. The monoisotopic (exact) mass is 280 g/mol. The van der Waals surface area contributed by atoms with Gasteiger partial charge in [0.15, 0.2) is 0 Å². The first-order valence-electron chi connectivity index (χ1n) is 7.57. The van der Waals surface area contributed by atoms with Gasteiger partial charge >= 0.3 is 0 Å². The molecule has 1 aromatic carbocycles. The summed E-state index contributed by atoms with van der Waals surface area (Å²) in [5.41, 5.74) is 0.845. The van der Waals surface area contributed by atoms with Crippen LogP contribution in [0, 0.1) is 24.5 Å². The van der Waals surface area contributed by atoms with Gasteiger partial charge in [-0.05, 0) is 37.3 Å². The van der Waals surface area contributed by atoms with Crippen LogP contribution in [0.15, 0.2) is 12.1 Å². The van der Waals surface area contributed by atoms with E-state index in [1.54, 1.807) is 6.92 Å². The molecule has 0 bridgehead atoms. The molecule has 2 fully saturated rings. The standard InChI is InChI=1S/C16H22F2N2/c1-11-5-6-13(17)14(15(11)18)16(12-3-2-4-12)20-9-7-19-8-10-20/h5-6,12,16,19H,2-4,7-10H2,1H3/t16-/m0/s1. The highest BCUT2D eigenvalue weighted by molar-refractivity contribution is 5.30. The van der Waals surface area contributed by atoms with Gasteiger partial charge in [0.2, 0.25) is 0 Å². The molecule has 0 spiro atoms. The van der Waals surface area contributed by atoms with Crippen molar-refractivity contribution in [2.45, 2.75) is 32.2 Å². The first-order chi connectivity index (χ1) is 9.68. The van der Waals surface area contributed by atoms with E-state index >= 15 is 0 Å². The van der Waals surface area contributed by atoms with E-state index in [0.717, 1.165) is 39.0 Å². The van der Waals surface area contributed by atoms with Crippen LogP contribution in [0.3, 0.4) is 0 Å². The summed E-state index contributed by atoms with van der Waals surface area (Å²) >= 11 is 0. The maximum atomic E-state index is 14.5. The second kappa shape index (κ2) is 5.78. The van der Waals surface area contributed by atoms with Crippen molar-refractivity contribution < 1.29 is 8.78 Å². The van der Waals surface area contributed by atoms with Crippen LogP contribution in [0.4, 0.5) is 8.78 Å². The summed E-state index contributed by atoms with van der Waals surface area (Å²) in [6, 6.07) is 2.86. The van der Waals surface area contributed by atoms with Gasteiger partial charge in [-0.1, -0.05) is 12.5 Å². The Bertz CT molecular complexity index is 480. The number of rotatable bonds is 3. The fourth-order valence-electron chi connectivity index (χ4n) is 3.38. The predicted octanol–water partition coefficient (Wildman–Crippen LogP) is 3.02. The molecule has 2 aliphatic rings. The van der Waals surface area contributed by atoms with Gasteiger partial charge in [0.1, 0.15) is 11.6 Å². The molecule has 0 unspecified atom stereocenters. The van der Waals surface area contributed by atoms with Crippen molar-refractivity contribution in [3.8, 4) is 0 Å². The first-order valence-corrected chi connectivity index (χ1v) is 7.57. The molecule has 1 aliphatic carbocycles. The Labute approximate surface area is 119 Å². The van der Waals surface area contributed by atoms with Crippen LogP contribution in [0.5, 0.6) is 0 Å². The molecule has 0 radical (unpaired) electrons. The second-order valence-electron chi connectivity index (χ2n) is 6.01. The van der Waals surface area contributed by atoms with Crippen LogP contribution in [0.1, 0.15) is 36.4 Å². The first kappa shape index (κ1) is 14.0. The minimum Gasteiger partial charge on any atom is -0.314 e. The molecule has 20 heavy (non-hydrogen) atoms. The van der Waals surface area contributed by atoms with Gasteiger partial charge in [0.05, 0.1) is 0 Å². The number of halogens is 2. The summed E-state index contributed by atoms with van der Waals surface area (Å²) < 4.78 is 28.8. The third kappa shape index (κ3) is 2.47. The zero-order chi connectivity index (χ0) is 14.1. The van der Waals surface area contributed by atoms with E-state index in [9.17, 15) is 8.78 Å². The molecule has 1 atom stereocenters. The zero-order valence-electron chi connectivity index (χ0n) is 12.0. The lowest BCUT2D eigenvalue weighted by Crippen LogP contribution is -2.48. The van der Waals surface area contributed by atoms with Crippen molar-refractivity contribution in [3.05, 3.63) is 34.9 Å². The average Bonchev–Trinajstić information content (AvgIpc) is 2.41. The maximum absolute atomic E-state index is 14.5. The van der Waals surface area contributed by atoms with Crippen molar-refractivity contribution in [1.29, 1.82) is 0 Å². The Kier molecular flexibility index (Phi) is 4.03. The van der Waals surface area contributed by atoms with Gasteiger partial charge in [0, 0.05) is 37.8 Å². The Balaban J connectivity index is 1.98. The van der Waals surface area contributed by atoms with Crippen LogP contribution in [0.2, 0.25) is 0 Å². The lowest BCUT2D eigenvalue weighted by Gasteiger charge is -2.43. The summed E-state index contributed by atoms with van der Waals surface area (Å²) in [7, 11) is 0. The highest BCUT2D eigenvalue weighted by Crippen LogP contribution is 2.43. The minimum atomic E-state index is -0.386. The van der Waals surface area contributed by atoms with Gasteiger partial charge in [-0.3, -0.25) is 4.90 Å². The molecule has 1 N–H and O–H groups in total. The highest BCUT2D eigenvalue weighted by atomic mass is 19.1. The predicted molar refractivity (Wildman–Crippen MR) is 75.6 cm³/mol. The smallest absolute Gasteiger partial charge is 0.133 e. The van der Waals surface area contributed by atoms with Crippen LogP contribution in [-0.2, 0) is 0 Å². The molecule has 0 amide bonds. The number of piperazine rings is 1. The van der Waals surface area contributed by atoms with E-state index in [1.807, 2.05) is 0 Å². The Morgan fingerprint density at radius 3 is 2.50 bits per heavy atom. The van der Waals surface area contributed by atoms with Gasteiger partial charge in [0.25, 0.3) is 0 Å². The molecule has 1 aliphatic heterocycles. The Morgan fingerprint density at radius 1 is 1.20 bits per heavy atom. The van der Waals surface area contributed by atoms with E-state index < -0.39 is 0 Å². The molecule has 1 saturated heterocycles. The van der Waals surface area contributed by atoms with Gasteiger partial charge < -0.3 is 5.32 Å². The molecule has 0 aromatic heterocycles. The Morgan fingerprint density at radius 2 is 1.90 bits per heavy atom. The molecular formula is C16H22F2N2. The molecule has 1 heterocycles. The Hall–Kier alpha value is -1.00. The quantitative estimate of drug-likeness (QED) is 0.915. The summed E-state index contributed by atoms with van der Waals surface area (Å²) in [6.45, 7) is 5.26. The summed E-state index contributed by atoms with van der Waals surface area (Å²) in [4.78, 5) is 2.27. The summed E-state index contributed by atoms with van der Waals surface area (Å²) in [5, 5.41) is 3.31. The van der Waals surface area contributed by atoms with E-state index in [4.69, 9.17) is 0 Å². The topological polar surface area (TPSA) is 15.3 Å². The maximum Gasteiger partial charge on any atom is 0.133 e. The highest BCUT2D eigenvalue weighted by Gasteiger charge is 2.37. The van der Waals surface area contributed by atoms with Gasteiger partial charge in [-0.25, -0.2) is 8.78 Å². The van der Waals surface area contributed by atoms with Gasteiger partial charge in [-0.15, -0.1) is 0 Å². The number of hydrogen-bond donors (Lipinski definition) is 1. The summed E-state index contributed by atoms with van der Waals surface area (Å²) in [5.74, 6) is -0.331. The fourth-order valence-corrected chi connectivity index (χ4v) is 3.38. The number of nitrogens with zero attached hydrogens (tertiary/aromatic N) is 1. The van der Waals surface area contributed by atoms with Crippen LogP contribution in [0.25, 0.3) is 0 Å². The van der Waals surface area contributed by atoms with E-state index in [0.29, 0.717) is 17.0 Å². The van der Waals surface area contributed by atoms with Crippen molar-refractivity contribution >= 4 is 0 Å². The van der Waals surface area contributed by atoms with Crippen molar-refractivity contribution in [2.75, 3.05) is 26.2 Å². The molecular weight excluding hydrogens is 258 g/mol. The third-order valence-electron chi connectivity index (χ3n) is 4.76. The second-order valence-corrected chi connectivity index (χ2v) is 6.01. The van der Waals surface area contributed by atoms with Crippen LogP contribution >= 0.6 is 0 Å². The number of benzene rings is 1. The molecule has 4 heteroatoms. The number of hydrogen-bond acceptors (Lipinski definition) is 2. The largest absolute Gasteiger partial charge is 0.314 e. The fraction of sp³-hybridized carbons (Fsp3) is 0.625. The van der Waals surface area contributed by atoms with E-state index in [-0.39, 0.29) is 17.7 Å². The van der Waals surface area contributed by atoms with E-state index in [2.05, 4.69) is 10.2 Å². The van der Waals surface area contributed by atoms with Crippen LogP contribution in [-0.4, -0.2) is 31.1 Å². The van der Waals surface area contributed by atoms with Crippen molar-refractivity contribution in [2.24, 2.45) is 5.92 Å². The average molecular weight is 280 g/mol. The van der Waals surface area contributed by atoms with Crippen molar-refractivity contribution in [1.82, 2.24) is 10.2 Å². The normalized spacial score (nSPS) is 22.6. The van der Waals surface area contributed by atoms with Crippen LogP contribution < -0.4 is 5.32 Å². The molecule has 1 aromatic rings. The molecule has 2 nitrogen and oxygen atoms in total. The van der Waals surface area contributed by atoms with E-state index in [1.165, 1.54) is 18.6 Å². The van der Waals surface area contributed by atoms with Crippen molar-refractivity contribution in [3.63, 3.8) is 0 Å². The summed E-state index contributed by atoms with van der Waals surface area (Å²) in [6.07, 6.45) is 3.35. The molecule has 1 saturated carbocycles. The minimum absolute atomic E-state index is 0.0919. The SMILES string of the molecule is Cc1ccc(F)c([C@H](C2CCC2)N2CCNCC2)c1F. The molecule has 3 rings (SSSR count).